The predicted molar refractivity (Wildman–Crippen MR) is 128 cm³/mol. The highest BCUT2D eigenvalue weighted by molar-refractivity contribution is 6.31. The number of fused-ring (bicyclic) bond motifs is 1. The van der Waals surface area contributed by atoms with Gasteiger partial charge in [-0.2, -0.15) is 13.2 Å². The Labute approximate surface area is 211 Å². The van der Waals surface area contributed by atoms with Crippen molar-refractivity contribution in [1.29, 1.82) is 0 Å². The molecule has 1 heterocycles. The highest BCUT2D eigenvalue weighted by Crippen LogP contribution is 2.36. The molecule has 13 heteroatoms. The number of halogens is 5. The summed E-state index contributed by atoms with van der Waals surface area (Å²) in [4.78, 5) is 20.6. The van der Waals surface area contributed by atoms with E-state index in [9.17, 15) is 22.4 Å². The number of nitrogens with zero attached hydrogens (tertiary/aromatic N) is 2. The standard InChI is InChI=1S/C24H17ClF4N4O4/c25-17-4-1-13(9-16(17)24(27,28)29)31-23(35)32-14-2-6-21(18(26)10-14)37-15-3-5-19-20(11-15)33-22(12-30-19)36-8-7-34/h1-6,9-12,34H,7-8H2,(H2,31,32,35). The van der Waals surface area contributed by atoms with E-state index in [0.29, 0.717) is 17.1 Å². The quantitative estimate of drug-likeness (QED) is 0.241. The number of benzene rings is 3. The first-order valence-corrected chi connectivity index (χ1v) is 10.9. The van der Waals surface area contributed by atoms with Gasteiger partial charge in [-0.05, 0) is 42.5 Å². The Hall–Kier alpha value is -4.16. The SMILES string of the molecule is O=C(Nc1ccc(Oc2ccc3ncc(OCCO)nc3c2)c(F)c1)Nc1ccc(Cl)c(C(F)(F)F)c1. The molecule has 0 aliphatic heterocycles. The van der Waals surface area contributed by atoms with E-state index in [4.69, 9.17) is 26.2 Å². The molecule has 0 saturated heterocycles. The lowest BCUT2D eigenvalue weighted by Gasteiger charge is -2.13. The smallest absolute Gasteiger partial charge is 0.417 e. The zero-order valence-electron chi connectivity index (χ0n) is 18.6. The number of aliphatic hydroxyl groups excluding tert-OH is 1. The number of hydrogen-bond acceptors (Lipinski definition) is 6. The van der Waals surface area contributed by atoms with Crippen LogP contribution >= 0.6 is 11.6 Å². The van der Waals surface area contributed by atoms with Crippen molar-refractivity contribution in [2.75, 3.05) is 23.8 Å². The molecular formula is C24H17ClF4N4O4. The summed E-state index contributed by atoms with van der Waals surface area (Å²) >= 11 is 5.57. The molecule has 0 unspecified atom stereocenters. The number of amides is 2. The van der Waals surface area contributed by atoms with Gasteiger partial charge in [0.05, 0.1) is 34.4 Å². The Bertz CT molecular complexity index is 1450. The van der Waals surface area contributed by atoms with Crippen molar-refractivity contribution < 1.29 is 36.9 Å². The average molecular weight is 537 g/mol. The summed E-state index contributed by atoms with van der Waals surface area (Å²) in [6, 6.07) is 10.3. The van der Waals surface area contributed by atoms with Gasteiger partial charge < -0.3 is 25.2 Å². The van der Waals surface area contributed by atoms with Crippen LogP contribution in [-0.4, -0.2) is 34.3 Å². The molecular weight excluding hydrogens is 520 g/mol. The average Bonchev–Trinajstić information content (AvgIpc) is 2.84. The minimum atomic E-state index is -4.70. The lowest BCUT2D eigenvalue weighted by atomic mass is 10.2. The Morgan fingerprint density at radius 1 is 1.00 bits per heavy atom. The van der Waals surface area contributed by atoms with E-state index in [-0.39, 0.29) is 42.0 Å². The Morgan fingerprint density at radius 3 is 2.43 bits per heavy atom. The maximum atomic E-state index is 14.7. The molecule has 4 aromatic rings. The van der Waals surface area contributed by atoms with Crippen molar-refractivity contribution in [3.63, 3.8) is 0 Å². The molecule has 8 nitrogen and oxygen atoms in total. The lowest BCUT2D eigenvalue weighted by molar-refractivity contribution is -0.137. The Balaban J connectivity index is 1.43. The van der Waals surface area contributed by atoms with Crippen LogP contribution in [0, 0.1) is 5.82 Å². The third-order valence-corrected chi connectivity index (χ3v) is 5.11. The normalized spacial score (nSPS) is 11.3. The number of nitrogens with one attached hydrogen (secondary N) is 2. The molecule has 0 saturated carbocycles. The third kappa shape index (κ3) is 6.54. The van der Waals surface area contributed by atoms with Gasteiger partial charge in [0.2, 0.25) is 5.88 Å². The second-order valence-electron chi connectivity index (χ2n) is 7.45. The molecule has 0 aliphatic rings. The van der Waals surface area contributed by atoms with E-state index >= 15 is 0 Å². The van der Waals surface area contributed by atoms with Crippen LogP contribution in [0.25, 0.3) is 11.0 Å². The van der Waals surface area contributed by atoms with Crippen molar-refractivity contribution in [1.82, 2.24) is 9.97 Å². The van der Waals surface area contributed by atoms with Crippen molar-refractivity contribution in [3.05, 3.63) is 77.2 Å². The topological polar surface area (TPSA) is 106 Å². The molecule has 0 atom stereocenters. The molecule has 0 fully saturated rings. The number of alkyl halides is 3. The second kappa shape index (κ2) is 10.8. The summed E-state index contributed by atoms with van der Waals surface area (Å²) in [7, 11) is 0. The van der Waals surface area contributed by atoms with Crippen molar-refractivity contribution in [2.24, 2.45) is 0 Å². The first kappa shape index (κ1) is 25.9. The largest absolute Gasteiger partial charge is 0.474 e. The number of ether oxygens (including phenoxy) is 2. The maximum Gasteiger partial charge on any atom is 0.417 e. The number of carbonyl (C=O) groups excluding carboxylic acids is 1. The molecule has 3 N–H and O–H groups in total. The molecule has 4 rings (SSSR count). The van der Waals surface area contributed by atoms with E-state index in [1.54, 1.807) is 12.1 Å². The summed E-state index contributed by atoms with van der Waals surface area (Å²) in [5.74, 6) is -0.512. The number of anilines is 2. The number of rotatable bonds is 7. The fourth-order valence-corrected chi connectivity index (χ4v) is 3.38. The van der Waals surface area contributed by atoms with Gasteiger partial charge in [0.15, 0.2) is 11.6 Å². The van der Waals surface area contributed by atoms with E-state index in [1.807, 2.05) is 0 Å². The van der Waals surface area contributed by atoms with Crippen molar-refractivity contribution >= 4 is 40.0 Å². The molecule has 0 spiro atoms. The van der Waals surface area contributed by atoms with Gasteiger partial charge >= 0.3 is 12.2 Å². The number of aromatic nitrogens is 2. The highest BCUT2D eigenvalue weighted by Gasteiger charge is 2.33. The van der Waals surface area contributed by atoms with Gasteiger partial charge in [0.25, 0.3) is 0 Å². The van der Waals surface area contributed by atoms with Crippen molar-refractivity contribution in [2.45, 2.75) is 6.18 Å². The first-order chi connectivity index (χ1) is 17.6. The predicted octanol–water partition coefficient (Wildman–Crippen LogP) is 6.25. The number of hydrogen-bond donors (Lipinski definition) is 3. The van der Waals surface area contributed by atoms with Gasteiger partial charge in [0, 0.05) is 23.5 Å². The van der Waals surface area contributed by atoms with Gasteiger partial charge in [0.1, 0.15) is 12.4 Å². The number of aliphatic hydroxyl groups is 1. The molecule has 0 bridgehead atoms. The van der Waals surface area contributed by atoms with Gasteiger partial charge in [-0.3, -0.25) is 0 Å². The van der Waals surface area contributed by atoms with Crippen LogP contribution in [0.5, 0.6) is 17.4 Å². The van der Waals surface area contributed by atoms with E-state index in [2.05, 4.69) is 20.6 Å². The van der Waals surface area contributed by atoms with Crippen LogP contribution in [0.15, 0.2) is 60.8 Å². The van der Waals surface area contributed by atoms with E-state index < -0.39 is 28.6 Å². The van der Waals surface area contributed by atoms with Gasteiger partial charge in [-0.15, -0.1) is 0 Å². The third-order valence-electron chi connectivity index (χ3n) is 4.78. The number of carbonyl (C=O) groups is 1. The number of urea groups is 1. The maximum absolute atomic E-state index is 14.7. The molecule has 0 aliphatic carbocycles. The van der Waals surface area contributed by atoms with E-state index in [0.717, 1.165) is 12.1 Å². The van der Waals surface area contributed by atoms with Crippen LogP contribution in [0.3, 0.4) is 0 Å². The van der Waals surface area contributed by atoms with Crippen LogP contribution in [0.1, 0.15) is 5.56 Å². The molecule has 192 valence electrons. The first-order valence-electron chi connectivity index (χ1n) is 10.5. The van der Waals surface area contributed by atoms with Gasteiger partial charge in [-0.1, -0.05) is 11.6 Å². The lowest BCUT2D eigenvalue weighted by Crippen LogP contribution is -2.20. The summed E-state index contributed by atoms with van der Waals surface area (Å²) < 4.78 is 64.5. The fraction of sp³-hybridized carbons (Fsp3) is 0.125. The minimum Gasteiger partial charge on any atom is -0.474 e. The second-order valence-corrected chi connectivity index (χ2v) is 7.86. The van der Waals surface area contributed by atoms with Crippen LogP contribution in [-0.2, 0) is 6.18 Å². The fourth-order valence-electron chi connectivity index (χ4n) is 3.16. The van der Waals surface area contributed by atoms with Crippen LogP contribution in [0.4, 0.5) is 33.7 Å². The summed E-state index contributed by atoms with van der Waals surface area (Å²) in [6.45, 7) is -0.136. The minimum absolute atomic E-state index is 0.0300. The van der Waals surface area contributed by atoms with E-state index in [1.165, 1.54) is 30.5 Å². The summed E-state index contributed by atoms with van der Waals surface area (Å²) in [5, 5.41) is 12.9. The monoisotopic (exact) mass is 536 g/mol. The zero-order valence-corrected chi connectivity index (χ0v) is 19.4. The highest BCUT2D eigenvalue weighted by atomic mass is 35.5. The Morgan fingerprint density at radius 2 is 1.73 bits per heavy atom. The summed E-state index contributed by atoms with van der Waals surface area (Å²) in [5.41, 5.74) is -0.272. The molecule has 37 heavy (non-hydrogen) atoms. The molecule has 2 amide bonds. The van der Waals surface area contributed by atoms with Crippen LogP contribution < -0.4 is 20.1 Å². The molecule has 1 aromatic heterocycles. The molecule has 3 aromatic carbocycles. The van der Waals surface area contributed by atoms with Crippen LogP contribution in [0.2, 0.25) is 5.02 Å². The summed E-state index contributed by atoms with van der Waals surface area (Å²) in [6.07, 6.45) is -3.29. The van der Waals surface area contributed by atoms with Crippen molar-refractivity contribution in [3.8, 4) is 17.4 Å². The van der Waals surface area contributed by atoms with Gasteiger partial charge in [-0.25, -0.2) is 19.2 Å². The zero-order chi connectivity index (χ0) is 26.6. The Kier molecular flexibility index (Phi) is 7.60. The molecule has 0 radical (unpaired) electrons.